The highest BCUT2D eigenvalue weighted by Crippen LogP contribution is 2.29. The van der Waals surface area contributed by atoms with Crippen molar-refractivity contribution in [2.24, 2.45) is 5.92 Å². The van der Waals surface area contributed by atoms with Gasteiger partial charge in [0.05, 0.1) is 13.2 Å². The Labute approximate surface area is 333 Å². The van der Waals surface area contributed by atoms with Crippen LogP contribution in [-0.4, -0.2) is 73.0 Å². The van der Waals surface area contributed by atoms with Crippen molar-refractivity contribution in [3.05, 3.63) is 0 Å². The van der Waals surface area contributed by atoms with Crippen LogP contribution >= 0.6 is 0 Å². The van der Waals surface area contributed by atoms with Crippen LogP contribution in [0.3, 0.4) is 0 Å². The summed E-state index contributed by atoms with van der Waals surface area (Å²) >= 11 is 0. The summed E-state index contributed by atoms with van der Waals surface area (Å²) in [5, 5.41) is 9.57. The van der Waals surface area contributed by atoms with Crippen molar-refractivity contribution in [3.8, 4) is 0 Å². The molecule has 8 heteroatoms. The predicted octanol–water partition coefficient (Wildman–Crippen LogP) is 11.8. The van der Waals surface area contributed by atoms with Gasteiger partial charge in [0.15, 0.2) is 6.10 Å². The fourth-order valence-corrected chi connectivity index (χ4v) is 7.74. The van der Waals surface area contributed by atoms with E-state index in [0.717, 1.165) is 96.6 Å². The lowest BCUT2D eigenvalue weighted by atomic mass is 9.89. The van der Waals surface area contributed by atoms with Crippen LogP contribution in [0.1, 0.15) is 226 Å². The number of aliphatic hydroxyl groups excluding tert-OH is 1. The average Bonchev–Trinajstić information content (AvgIpc) is 3.16. The van der Waals surface area contributed by atoms with Crippen LogP contribution in [0.2, 0.25) is 0 Å². The first-order valence-electron chi connectivity index (χ1n) is 23.4. The minimum Gasteiger partial charge on any atom is -0.466 e. The SMILES string of the molecule is CCCCCCCCCCCOC(=O)CCCCCN(CCO)CCCCCCC1OC(=O)C(C(CCCCCCCC)CCCCCCCC)OC1=O. The number of carbonyl (C=O) groups is 3. The number of hydrogen-bond acceptors (Lipinski definition) is 8. The molecule has 1 saturated heterocycles. The molecule has 1 aliphatic rings. The van der Waals surface area contributed by atoms with Crippen LogP contribution in [-0.2, 0) is 28.6 Å². The summed E-state index contributed by atoms with van der Waals surface area (Å²) in [5.41, 5.74) is 0. The molecule has 2 unspecified atom stereocenters. The van der Waals surface area contributed by atoms with E-state index in [0.29, 0.717) is 26.0 Å². The van der Waals surface area contributed by atoms with Gasteiger partial charge in [-0.2, -0.15) is 0 Å². The van der Waals surface area contributed by atoms with E-state index in [4.69, 9.17) is 14.2 Å². The summed E-state index contributed by atoms with van der Waals surface area (Å²) in [4.78, 5) is 40.5. The Morgan fingerprint density at radius 1 is 0.574 bits per heavy atom. The maximum atomic E-state index is 13.1. The Balaban J connectivity index is 2.23. The number of cyclic esters (lactones) is 2. The van der Waals surface area contributed by atoms with Gasteiger partial charge in [-0.3, -0.25) is 4.79 Å². The zero-order valence-electron chi connectivity index (χ0n) is 35.7. The van der Waals surface area contributed by atoms with Gasteiger partial charge < -0.3 is 24.2 Å². The summed E-state index contributed by atoms with van der Waals surface area (Å²) in [6, 6.07) is 0. The molecule has 0 radical (unpaired) electrons. The normalized spacial score (nSPS) is 16.0. The third kappa shape index (κ3) is 27.8. The molecule has 0 aromatic heterocycles. The van der Waals surface area contributed by atoms with Gasteiger partial charge in [0, 0.05) is 18.9 Å². The summed E-state index contributed by atoms with van der Waals surface area (Å²) in [6.45, 7) is 9.89. The lowest BCUT2D eigenvalue weighted by molar-refractivity contribution is -0.200. The number of hydrogen-bond donors (Lipinski definition) is 1. The van der Waals surface area contributed by atoms with E-state index in [1.54, 1.807) is 0 Å². The van der Waals surface area contributed by atoms with E-state index in [1.165, 1.54) is 109 Å². The summed E-state index contributed by atoms with van der Waals surface area (Å²) in [6.07, 6.45) is 33.7. The third-order valence-electron chi connectivity index (χ3n) is 11.3. The van der Waals surface area contributed by atoms with Crippen molar-refractivity contribution in [2.45, 2.75) is 238 Å². The second-order valence-electron chi connectivity index (χ2n) is 16.3. The van der Waals surface area contributed by atoms with Gasteiger partial charge in [0.2, 0.25) is 6.10 Å². The van der Waals surface area contributed by atoms with Crippen LogP contribution < -0.4 is 0 Å². The molecular weight excluding hydrogens is 679 g/mol. The lowest BCUT2D eigenvalue weighted by Gasteiger charge is -2.32. The molecule has 54 heavy (non-hydrogen) atoms. The molecule has 1 N–H and O–H groups in total. The van der Waals surface area contributed by atoms with E-state index in [-0.39, 0.29) is 30.4 Å². The summed E-state index contributed by atoms with van der Waals surface area (Å²) in [7, 11) is 0. The maximum absolute atomic E-state index is 13.1. The van der Waals surface area contributed by atoms with Crippen molar-refractivity contribution < 1.29 is 33.7 Å². The number of carbonyl (C=O) groups excluding carboxylic acids is 3. The molecule has 318 valence electrons. The smallest absolute Gasteiger partial charge is 0.348 e. The molecule has 0 aromatic carbocycles. The molecular formula is C46H87NO7. The standard InChI is InChI=1S/C46H87NO7/c1-4-7-10-13-16-17-18-23-31-40-52-43(49)35-28-24-30-37-47(38-39-48)36-29-22-21-27-34-42-45(50)54-44(46(51)53-42)41(32-25-19-14-11-8-5-2)33-26-20-15-12-9-6-3/h41-42,44,48H,4-40H2,1-3H3. The van der Waals surface area contributed by atoms with E-state index in [1.807, 2.05) is 0 Å². The highest BCUT2D eigenvalue weighted by atomic mass is 16.6. The zero-order valence-corrected chi connectivity index (χ0v) is 35.7. The van der Waals surface area contributed by atoms with Gasteiger partial charge in [0.25, 0.3) is 0 Å². The number of unbranched alkanes of at least 4 members (excludes halogenated alkanes) is 23. The van der Waals surface area contributed by atoms with Crippen LogP contribution in [0.25, 0.3) is 0 Å². The Hall–Kier alpha value is -1.67. The number of esters is 3. The monoisotopic (exact) mass is 766 g/mol. The number of nitrogens with zero attached hydrogens (tertiary/aromatic N) is 1. The Morgan fingerprint density at radius 3 is 1.57 bits per heavy atom. The second kappa shape index (κ2) is 36.9. The van der Waals surface area contributed by atoms with Crippen molar-refractivity contribution >= 4 is 17.9 Å². The van der Waals surface area contributed by atoms with Crippen LogP contribution in [0, 0.1) is 5.92 Å². The predicted molar refractivity (Wildman–Crippen MR) is 223 cm³/mol. The van der Waals surface area contributed by atoms with Crippen molar-refractivity contribution in [1.82, 2.24) is 4.90 Å². The summed E-state index contributed by atoms with van der Waals surface area (Å²) in [5.74, 6) is -0.727. The Bertz CT molecular complexity index is 867. The van der Waals surface area contributed by atoms with Crippen LogP contribution in [0.15, 0.2) is 0 Å². The Kier molecular flexibility index (Phi) is 34.4. The van der Waals surface area contributed by atoms with Crippen molar-refractivity contribution in [3.63, 3.8) is 0 Å². The molecule has 0 amide bonds. The van der Waals surface area contributed by atoms with E-state index >= 15 is 0 Å². The molecule has 1 rings (SSSR count). The fourth-order valence-electron chi connectivity index (χ4n) is 7.74. The first kappa shape index (κ1) is 50.3. The highest BCUT2D eigenvalue weighted by Gasteiger charge is 2.41. The van der Waals surface area contributed by atoms with Gasteiger partial charge >= 0.3 is 17.9 Å². The molecule has 2 atom stereocenters. The third-order valence-corrected chi connectivity index (χ3v) is 11.3. The van der Waals surface area contributed by atoms with E-state index < -0.39 is 12.2 Å². The topological polar surface area (TPSA) is 102 Å². The molecule has 1 fully saturated rings. The second-order valence-corrected chi connectivity index (χ2v) is 16.3. The first-order chi connectivity index (χ1) is 26.5. The minimum atomic E-state index is -0.782. The van der Waals surface area contributed by atoms with Gasteiger partial charge in [-0.25, -0.2) is 9.59 Å². The largest absolute Gasteiger partial charge is 0.466 e. The molecule has 0 aliphatic carbocycles. The number of aliphatic hydroxyl groups is 1. The van der Waals surface area contributed by atoms with Gasteiger partial charge in [-0.05, 0) is 64.5 Å². The molecule has 1 aliphatic heterocycles. The van der Waals surface area contributed by atoms with Gasteiger partial charge in [0.1, 0.15) is 0 Å². The van der Waals surface area contributed by atoms with Gasteiger partial charge in [-0.15, -0.1) is 0 Å². The number of ether oxygens (including phenoxy) is 3. The maximum Gasteiger partial charge on any atom is 0.348 e. The fraction of sp³-hybridized carbons (Fsp3) is 0.935. The van der Waals surface area contributed by atoms with Crippen molar-refractivity contribution in [1.29, 1.82) is 0 Å². The van der Waals surface area contributed by atoms with Gasteiger partial charge in [-0.1, -0.05) is 168 Å². The van der Waals surface area contributed by atoms with Crippen molar-refractivity contribution in [2.75, 3.05) is 32.8 Å². The first-order valence-corrected chi connectivity index (χ1v) is 23.4. The lowest BCUT2D eigenvalue weighted by Crippen LogP contribution is -2.47. The van der Waals surface area contributed by atoms with E-state index in [9.17, 15) is 19.5 Å². The Morgan fingerprint density at radius 2 is 1.04 bits per heavy atom. The molecule has 0 saturated carbocycles. The molecule has 1 heterocycles. The molecule has 0 aromatic rings. The zero-order chi connectivity index (χ0) is 39.3. The molecule has 0 bridgehead atoms. The quantitative estimate of drug-likeness (QED) is 0.0374. The number of rotatable bonds is 40. The summed E-state index contributed by atoms with van der Waals surface area (Å²) < 4.78 is 17.0. The van der Waals surface area contributed by atoms with Crippen LogP contribution in [0.4, 0.5) is 0 Å². The highest BCUT2D eigenvalue weighted by molar-refractivity contribution is 5.87. The van der Waals surface area contributed by atoms with E-state index in [2.05, 4.69) is 25.7 Å². The molecule has 0 spiro atoms. The van der Waals surface area contributed by atoms with Crippen LogP contribution in [0.5, 0.6) is 0 Å². The average molecular weight is 766 g/mol. The minimum absolute atomic E-state index is 0.0531. The molecule has 8 nitrogen and oxygen atoms in total.